The first-order chi connectivity index (χ1) is 4.68. The predicted octanol–water partition coefficient (Wildman–Crippen LogP) is 2.22. The van der Waals surface area contributed by atoms with Crippen molar-refractivity contribution in [2.45, 2.75) is 0 Å². The average Bonchev–Trinajstić information content (AvgIpc) is 2.00. The summed E-state index contributed by atoms with van der Waals surface area (Å²) in [7, 11) is -1.72. The van der Waals surface area contributed by atoms with Crippen LogP contribution >= 0.6 is 19.2 Å². The van der Waals surface area contributed by atoms with E-state index >= 15 is 0 Å². The standard InChI is InChI=1S/C5H10ClO3P/c1-3-10(7,8-2)9-5-4-6/h3H,1,4-5H2,2H3. The molecule has 60 valence electrons. The van der Waals surface area contributed by atoms with Crippen LogP contribution in [0.3, 0.4) is 0 Å². The summed E-state index contributed by atoms with van der Waals surface area (Å²) in [5.74, 6) is 1.45. The lowest BCUT2D eigenvalue weighted by molar-refractivity contribution is 0.255. The van der Waals surface area contributed by atoms with E-state index in [4.69, 9.17) is 16.1 Å². The first-order valence-electron chi connectivity index (χ1n) is 2.68. The molecule has 0 fully saturated rings. The van der Waals surface area contributed by atoms with Crippen molar-refractivity contribution in [3.63, 3.8) is 0 Å². The van der Waals surface area contributed by atoms with Crippen molar-refractivity contribution in [1.82, 2.24) is 0 Å². The first kappa shape index (κ1) is 10.2. The fourth-order valence-corrected chi connectivity index (χ4v) is 1.23. The van der Waals surface area contributed by atoms with Gasteiger partial charge in [0.1, 0.15) is 0 Å². The summed E-state index contributed by atoms with van der Waals surface area (Å²) in [4.78, 5) is 0. The highest BCUT2D eigenvalue weighted by molar-refractivity contribution is 7.57. The summed E-state index contributed by atoms with van der Waals surface area (Å²) < 4.78 is 20.4. The molecular formula is C5H10ClO3P. The molecule has 0 spiro atoms. The fraction of sp³-hybridized carbons (Fsp3) is 0.600. The SMILES string of the molecule is C=CP(=O)(OC)OCCCl. The zero-order valence-electron chi connectivity index (χ0n) is 5.75. The molecule has 0 bridgehead atoms. The molecular weight excluding hydrogens is 174 g/mol. The van der Waals surface area contributed by atoms with Crippen molar-refractivity contribution in [3.8, 4) is 0 Å². The van der Waals surface area contributed by atoms with Gasteiger partial charge in [0.2, 0.25) is 0 Å². The van der Waals surface area contributed by atoms with Gasteiger partial charge in [-0.3, -0.25) is 4.57 Å². The molecule has 0 aromatic heterocycles. The lowest BCUT2D eigenvalue weighted by Crippen LogP contribution is -1.93. The Morgan fingerprint density at radius 2 is 2.40 bits per heavy atom. The smallest absolute Gasteiger partial charge is 0.309 e. The second-order valence-corrected chi connectivity index (χ2v) is 3.87. The normalized spacial score (nSPS) is 16.2. The van der Waals surface area contributed by atoms with Gasteiger partial charge in [-0.15, -0.1) is 11.6 Å². The van der Waals surface area contributed by atoms with E-state index in [1.807, 2.05) is 0 Å². The zero-order valence-corrected chi connectivity index (χ0v) is 7.40. The molecule has 0 saturated heterocycles. The van der Waals surface area contributed by atoms with E-state index in [-0.39, 0.29) is 6.61 Å². The van der Waals surface area contributed by atoms with Crippen LogP contribution in [0.25, 0.3) is 0 Å². The Hall–Kier alpha value is 0.180. The third-order valence-corrected chi connectivity index (χ3v) is 2.48. The van der Waals surface area contributed by atoms with Crippen LogP contribution in [0.4, 0.5) is 0 Å². The third-order valence-electron chi connectivity index (χ3n) is 0.826. The van der Waals surface area contributed by atoms with Gasteiger partial charge < -0.3 is 9.05 Å². The summed E-state index contributed by atoms with van der Waals surface area (Å²) in [6.07, 6.45) is 0. The van der Waals surface area contributed by atoms with Crippen molar-refractivity contribution in [2.75, 3.05) is 19.6 Å². The van der Waals surface area contributed by atoms with Crippen molar-refractivity contribution in [1.29, 1.82) is 0 Å². The van der Waals surface area contributed by atoms with E-state index in [1.54, 1.807) is 0 Å². The lowest BCUT2D eigenvalue weighted by Gasteiger charge is -2.09. The number of halogens is 1. The molecule has 0 N–H and O–H groups in total. The quantitative estimate of drug-likeness (QED) is 0.486. The number of rotatable bonds is 5. The van der Waals surface area contributed by atoms with E-state index in [0.29, 0.717) is 5.88 Å². The van der Waals surface area contributed by atoms with E-state index in [0.717, 1.165) is 5.82 Å². The molecule has 3 nitrogen and oxygen atoms in total. The monoisotopic (exact) mass is 184 g/mol. The van der Waals surface area contributed by atoms with Crippen LogP contribution in [0.15, 0.2) is 12.4 Å². The van der Waals surface area contributed by atoms with Crippen LogP contribution in [0.5, 0.6) is 0 Å². The van der Waals surface area contributed by atoms with E-state index < -0.39 is 7.60 Å². The second kappa shape index (κ2) is 4.91. The van der Waals surface area contributed by atoms with Crippen LogP contribution in [-0.4, -0.2) is 19.6 Å². The van der Waals surface area contributed by atoms with Crippen LogP contribution in [0.2, 0.25) is 0 Å². The van der Waals surface area contributed by atoms with Crippen molar-refractivity contribution < 1.29 is 13.6 Å². The van der Waals surface area contributed by atoms with Gasteiger partial charge in [0.15, 0.2) is 0 Å². The summed E-state index contributed by atoms with van der Waals surface area (Å²) in [5, 5.41) is 0. The largest absolute Gasteiger partial charge is 0.353 e. The molecule has 0 amide bonds. The molecule has 5 heteroatoms. The molecule has 0 rings (SSSR count). The summed E-state index contributed by atoms with van der Waals surface area (Å²) in [6, 6.07) is 0. The number of alkyl halides is 1. The Balaban J connectivity index is 3.82. The second-order valence-electron chi connectivity index (χ2n) is 1.43. The van der Waals surface area contributed by atoms with E-state index in [1.165, 1.54) is 7.11 Å². The highest BCUT2D eigenvalue weighted by atomic mass is 35.5. The molecule has 0 radical (unpaired) electrons. The van der Waals surface area contributed by atoms with Crippen molar-refractivity contribution in [2.24, 2.45) is 0 Å². The molecule has 10 heavy (non-hydrogen) atoms. The maximum Gasteiger partial charge on any atom is 0.353 e. The van der Waals surface area contributed by atoms with Gasteiger partial charge in [0.05, 0.1) is 6.61 Å². The molecule has 0 aliphatic rings. The Labute approximate surface area is 65.5 Å². The minimum Gasteiger partial charge on any atom is -0.309 e. The fourth-order valence-electron chi connectivity index (χ4n) is 0.342. The Bertz CT molecular complexity index is 148. The first-order valence-corrected chi connectivity index (χ1v) is 4.82. The van der Waals surface area contributed by atoms with Gasteiger partial charge in [0.25, 0.3) is 0 Å². The number of hydrogen-bond donors (Lipinski definition) is 0. The summed E-state index contributed by atoms with van der Waals surface area (Å²) >= 11 is 5.29. The summed E-state index contributed by atoms with van der Waals surface area (Å²) in [5.41, 5.74) is 0. The van der Waals surface area contributed by atoms with Gasteiger partial charge in [-0.2, -0.15) is 0 Å². The van der Waals surface area contributed by atoms with Gasteiger partial charge in [0, 0.05) is 18.8 Å². The van der Waals surface area contributed by atoms with Crippen molar-refractivity contribution in [3.05, 3.63) is 12.4 Å². The van der Waals surface area contributed by atoms with Crippen LogP contribution in [-0.2, 0) is 13.6 Å². The minimum absolute atomic E-state index is 0.207. The van der Waals surface area contributed by atoms with Gasteiger partial charge in [-0.05, 0) is 0 Å². The van der Waals surface area contributed by atoms with Gasteiger partial charge in [-0.25, -0.2) is 0 Å². The third kappa shape index (κ3) is 3.37. The molecule has 0 aromatic rings. The van der Waals surface area contributed by atoms with Gasteiger partial charge >= 0.3 is 7.60 Å². The Morgan fingerprint density at radius 3 is 2.70 bits per heavy atom. The average molecular weight is 185 g/mol. The molecule has 0 heterocycles. The van der Waals surface area contributed by atoms with Crippen LogP contribution < -0.4 is 0 Å². The Morgan fingerprint density at radius 1 is 1.80 bits per heavy atom. The molecule has 0 aliphatic carbocycles. The number of hydrogen-bond acceptors (Lipinski definition) is 3. The maximum atomic E-state index is 11.1. The highest BCUT2D eigenvalue weighted by Gasteiger charge is 2.15. The Kier molecular flexibility index (Phi) is 5.00. The molecule has 0 saturated carbocycles. The van der Waals surface area contributed by atoms with E-state index in [9.17, 15) is 4.57 Å². The summed E-state index contributed by atoms with van der Waals surface area (Å²) in [6.45, 7) is 3.51. The molecule has 0 aromatic carbocycles. The highest BCUT2D eigenvalue weighted by Crippen LogP contribution is 2.47. The molecule has 1 atom stereocenters. The van der Waals surface area contributed by atoms with Gasteiger partial charge in [-0.1, -0.05) is 6.58 Å². The molecule has 0 aliphatic heterocycles. The minimum atomic E-state index is -3.02. The van der Waals surface area contributed by atoms with Crippen molar-refractivity contribution >= 4 is 19.2 Å². The molecule has 1 unspecified atom stereocenters. The topological polar surface area (TPSA) is 35.5 Å². The predicted molar refractivity (Wildman–Crippen MR) is 41.5 cm³/mol. The van der Waals surface area contributed by atoms with Crippen LogP contribution in [0.1, 0.15) is 0 Å². The zero-order chi connectivity index (χ0) is 8.04. The lowest BCUT2D eigenvalue weighted by atomic mass is 10.9. The van der Waals surface area contributed by atoms with E-state index in [2.05, 4.69) is 11.1 Å². The maximum absolute atomic E-state index is 11.1. The van der Waals surface area contributed by atoms with Crippen LogP contribution in [0, 0.1) is 0 Å².